The first-order valence-electron chi connectivity index (χ1n) is 7.74. The van der Waals surface area contributed by atoms with Crippen LogP contribution in [0, 0.1) is 0 Å². The van der Waals surface area contributed by atoms with Gasteiger partial charge in [-0.3, -0.25) is 4.68 Å². The van der Waals surface area contributed by atoms with Crippen LogP contribution in [0.5, 0.6) is 0 Å². The number of rotatable bonds is 7. The van der Waals surface area contributed by atoms with Crippen molar-refractivity contribution in [1.82, 2.24) is 19.5 Å². The number of nitrogens with zero attached hydrogens (tertiary/aromatic N) is 2. The third-order valence-electron chi connectivity index (χ3n) is 3.93. The molecule has 2 aromatic heterocycles. The fourth-order valence-electron chi connectivity index (χ4n) is 2.65. The number of sulfonamides is 1. The van der Waals surface area contributed by atoms with Gasteiger partial charge in [0, 0.05) is 35.9 Å². The minimum atomic E-state index is -3.72. The molecule has 7 nitrogen and oxygen atoms in total. The van der Waals surface area contributed by atoms with Gasteiger partial charge in [0.05, 0.1) is 12.8 Å². The van der Waals surface area contributed by atoms with Crippen molar-refractivity contribution in [1.29, 1.82) is 0 Å². The first-order chi connectivity index (χ1) is 11.5. The molecular weight excluding hydrogens is 328 g/mol. The third-order valence-corrected chi connectivity index (χ3v) is 5.40. The summed E-state index contributed by atoms with van der Waals surface area (Å²) in [4.78, 5) is 3.25. The van der Waals surface area contributed by atoms with Crippen molar-refractivity contribution in [3.63, 3.8) is 0 Å². The zero-order valence-corrected chi connectivity index (χ0v) is 14.1. The molecule has 1 aromatic carbocycles. The summed E-state index contributed by atoms with van der Waals surface area (Å²) in [6, 6.07) is 7.17. The van der Waals surface area contributed by atoms with E-state index in [9.17, 15) is 13.5 Å². The number of hydrogen-bond acceptors (Lipinski definition) is 4. The maximum atomic E-state index is 12.4. The average Bonchev–Trinajstić information content (AvgIpc) is 3.21. The molecule has 0 aliphatic rings. The predicted octanol–water partition coefficient (Wildman–Crippen LogP) is 1.27. The Hall–Kier alpha value is -2.16. The van der Waals surface area contributed by atoms with Crippen LogP contribution in [-0.2, 0) is 23.0 Å². The van der Waals surface area contributed by atoms with Crippen molar-refractivity contribution in [3.8, 4) is 0 Å². The summed E-state index contributed by atoms with van der Waals surface area (Å²) in [7, 11) is -3.72. The summed E-state index contributed by atoms with van der Waals surface area (Å²) >= 11 is 0. The Kier molecular flexibility index (Phi) is 4.70. The van der Waals surface area contributed by atoms with Gasteiger partial charge in [0.2, 0.25) is 10.0 Å². The van der Waals surface area contributed by atoms with Crippen LogP contribution in [-0.4, -0.2) is 40.9 Å². The molecule has 3 N–H and O–H groups in total. The Balaban J connectivity index is 1.79. The highest BCUT2D eigenvalue weighted by molar-refractivity contribution is 7.89. The maximum Gasteiger partial charge on any atom is 0.244 e. The number of aliphatic hydroxyl groups excluding tert-OH is 1. The second kappa shape index (κ2) is 6.76. The molecule has 0 spiro atoms. The van der Waals surface area contributed by atoms with E-state index in [1.54, 1.807) is 4.68 Å². The number of benzene rings is 1. The number of H-pyrrole nitrogens is 1. The molecule has 24 heavy (non-hydrogen) atoms. The second-order valence-corrected chi connectivity index (χ2v) is 7.31. The van der Waals surface area contributed by atoms with E-state index in [1.165, 1.54) is 12.4 Å². The lowest BCUT2D eigenvalue weighted by atomic mass is 10.1. The van der Waals surface area contributed by atoms with Gasteiger partial charge in [-0.15, -0.1) is 0 Å². The Bertz CT molecular complexity index is 930. The number of nitrogens with one attached hydrogen (secondary N) is 2. The molecule has 0 amide bonds. The van der Waals surface area contributed by atoms with Gasteiger partial charge in [-0.1, -0.05) is 18.2 Å². The SMILES string of the molecule is CCn1cc(S(=O)(=O)N[C@H](CO)Cc2c[nH]c3ccccc23)cn1. The molecule has 128 valence electrons. The van der Waals surface area contributed by atoms with Gasteiger partial charge in [0.1, 0.15) is 4.90 Å². The van der Waals surface area contributed by atoms with E-state index >= 15 is 0 Å². The highest BCUT2D eigenvalue weighted by atomic mass is 32.2. The molecule has 3 rings (SSSR count). The molecule has 0 aliphatic heterocycles. The van der Waals surface area contributed by atoms with E-state index in [2.05, 4.69) is 14.8 Å². The molecular formula is C16H20N4O3S. The summed E-state index contributed by atoms with van der Waals surface area (Å²) in [5.74, 6) is 0. The van der Waals surface area contributed by atoms with Crippen molar-refractivity contribution < 1.29 is 13.5 Å². The summed E-state index contributed by atoms with van der Waals surface area (Å²) < 4.78 is 29.0. The first-order valence-corrected chi connectivity index (χ1v) is 9.22. The van der Waals surface area contributed by atoms with E-state index in [1.807, 2.05) is 37.4 Å². The number of aryl methyl sites for hydroxylation is 1. The summed E-state index contributed by atoms with van der Waals surface area (Å²) in [6.45, 7) is 2.18. The monoisotopic (exact) mass is 348 g/mol. The van der Waals surface area contributed by atoms with Crippen molar-refractivity contribution >= 4 is 20.9 Å². The van der Waals surface area contributed by atoms with Crippen LogP contribution in [0.3, 0.4) is 0 Å². The van der Waals surface area contributed by atoms with E-state index in [0.29, 0.717) is 13.0 Å². The topological polar surface area (TPSA) is 100 Å². The van der Waals surface area contributed by atoms with Crippen molar-refractivity contribution in [2.24, 2.45) is 0 Å². The van der Waals surface area contributed by atoms with Gasteiger partial charge >= 0.3 is 0 Å². The van der Waals surface area contributed by atoms with Gasteiger partial charge in [0.25, 0.3) is 0 Å². The number of fused-ring (bicyclic) bond motifs is 1. The highest BCUT2D eigenvalue weighted by Gasteiger charge is 2.22. The lowest BCUT2D eigenvalue weighted by Gasteiger charge is -2.15. The van der Waals surface area contributed by atoms with Crippen LogP contribution < -0.4 is 4.72 Å². The standard InChI is InChI=1S/C16H20N4O3S/c1-2-20-10-14(9-18-20)24(22,23)19-13(11-21)7-12-8-17-16-6-4-3-5-15(12)16/h3-6,8-10,13,17,19,21H,2,7,11H2,1H3/t13-/m0/s1. The Morgan fingerprint density at radius 3 is 2.88 bits per heavy atom. The molecule has 2 heterocycles. The fourth-order valence-corrected chi connectivity index (χ4v) is 3.83. The zero-order chi connectivity index (χ0) is 17.2. The number of aromatic nitrogens is 3. The largest absolute Gasteiger partial charge is 0.395 e. The van der Waals surface area contributed by atoms with Crippen LogP contribution in [0.1, 0.15) is 12.5 Å². The third kappa shape index (κ3) is 3.35. The molecule has 0 aliphatic carbocycles. The molecule has 0 radical (unpaired) electrons. The summed E-state index contributed by atoms with van der Waals surface area (Å²) in [5.41, 5.74) is 1.94. The van der Waals surface area contributed by atoms with Gasteiger partial charge in [-0.25, -0.2) is 13.1 Å². The second-order valence-electron chi connectivity index (χ2n) is 5.60. The van der Waals surface area contributed by atoms with E-state index in [-0.39, 0.29) is 11.5 Å². The average molecular weight is 348 g/mol. The molecule has 0 saturated heterocycles. The summed E-state index contributed by atoms with van der Waals surface area (Å²) in [5, 5.41) is 14.6. The lowest BCUT2D eigenvalue weighted by molar-refractivity contribution is 0.256. The van der Waals surface area contributed by atoms with Crippen LogP contribution in [0.4, 0.5) is 0 Å². The predicted molar refractivity (Wildman–Crippen MR) is 91.1 cm³/mol. The molecule has 3 aromatic rings. The number of hydrogen-bond donors (Lipinski definition) is 3. The highest BCUT2D eigenvalue weighted by Crippen LogP contribution is 2.19. The van der Waals surface area contributed by atoms with Gasteiger partial charge in [0.15, 0.2) is 0 Å². The summed E-state index contributed by atoms with van der Waals surface area (Å²) in [6.07, 6.45) is 5.02. The number of para-hydroxylation sites is 1. The minimum Gasteiger partial charge on any atom is -0.395 e. The quantitative estimate of drug-likeness (QED) is 0.598. The zero-order valence-electron chi connectivity index (χ0n) is 13.3. The Morgan fingerprint density at radius 1 is 1.38 bits per heavy atom. The molecule has 1 atom stereocenters. The van der Waals surface area contributed by atoms with Crippen molar-refractivity contribution in [3.05, 3.63) is 48.4 Å². The number of aliphatic hydroxyl groups is 1. The van der Waals surface area contributed by atoms with Gasteiger partial charge in [-0.2, -0.15) is 5.10 Å². The van der Waals surface area contributed by atoms with Crippen LogP contribution in [0.2, 0.25) is 0 Å². The lowest BCUT2D eigenvalue weighted by Crippen LogP contribution is -2.38. The normalized spacial score (nSPS) is 13.4. The molecule has 0 unspecified atom stereocenters. The number of aromatic amines is 1. The molecule has 8 heteroatoms. The molecule has 0 bridgehead atoms. The Morgan fingerprint density at radius 2 is 2.17 bits per heavy atom. The van der Waals surface area contributed by atoms with Crippen molar-refractivity contribution in [2.45, 2.75) is 30.8 Å². The van der Waals surface area contributed by atoms with E-state index < -0.39 is 16.1 Å². The van der Waals surface area contributed by atoms with E-state index in [0.717, 1.165) is 16.5 Å². The fraction of sp³-hybridized carbons (Fsp3) is 0.312. The first kappa shape index (κ1) is 16.7. The Labute approximate surface area is 140 Å². The molecule has 0 saturated carbocycles. The van der Waals surface area contributed by atoms with Crippen LogP contribution in [0.25, 0.3) is 10.9 Å². The van der Waals surface area contributed by atoms with E-state index in [4.69, 9.17) is 0 Å². The minimum absolute atomic E-state index is 0.0988. The van der Waals surface area contributed by atoms with Gasteiger partial charge < -0.3 is 10.1 Å². The van der Waals surface area contributed by atoms with Crippen LogP contribution in [0.15, 0.2) is 47.8 Å². The maximum absolute atomic E-state index is 12.4. The van der Waals surface area contributed by atoms with Gasteiger partial charge in [-0.05, 0) is 25.0 Å². The molecule has 0 fully saturated rings. The van der Waals surface area contributed by atoms with Crippen LogP contribution >= 0.6 is 0 Å². The smallest absolute Gasteiger partial charge is 0.244 e. The van der Waals surface area contributed by atoms with Crippen molar-refractivity contribution in [2.75, 3.05) is 6.61 Å².